The molecule has 0 bridgehead atoms. The molecule has 15 heavy (non-hydrogen) atoms. The van der Waals surface area contributed by atoms with E-state index >= 15 is 0 Å². The summed E-state index contributed by atoms with van der Waals surface area (Å²) in [6.45, 7) is 0.845. The molecule has 0 aliphatic rings. The molecule has 0 aliphatic carbocycles. The number of pyridine rings is 1. The maximum atomic E-state index is 4.29. The van der Waals surface area contributed by atoms with Gasteiger partial charge in [-0.25, -0.2) is 0 Å². The van der Waals surface area contributed by atoms with E-state index in [1.165, 1.54) is 5.56 Å². The summed E-state index contributed by atoms with van der Waals surface area (Å²) in [5, 5.41) is 4.29. The van der Waals surface area contributed by atoms with E-state index in [1.54, 1.807) is 6.20 Å². The van der Waals surface area contributed by atoms with E-state index in [-0.39, 0.29) is 0 Å². The minimum Gasteiger partial charge on any atom is -0.264 e. The summed E-state index contributed by atoms with van der Waals surface area (Å²) in [4.78, 5) is 4.07. The molecule has 0 aliphatic heterocycles. The van der Waals surface area contributed by atoms with Crippen LogP contribution >= 0.6 is 31.9 Å². The second-order valence-corrected chi connectivity index (χ2v) is 4.75. The molecule has 0 radical (unpaired) electrons. The Balaban J connectivity index is 2.02. The fourth-order valence-corrected chi connectivity index (χ4v) is 2.49. The van der Waals surface area contributed by atoms with Crippen LogP contribution in [0, 0.1) is 0 Å². The highest BCUT2D eigenvalue weighted by Crippen LogP contribution is 2.16. The van der Waals surface area contributed by atoms with Crippen LogP contribution < -0.4 is 0 Å². The van der Waals surface area contributed by atoms with Gasteiger partial charge in [-0.15, -0.1) is 0 Å². The van der Waals surface area contributed by atoms with Gasteiger partial charge in [-0.2, -0.15) is 5.10 Å². The lowest BCUT2D eigenvalue weighted by Crippen LogP contribution is -2.03. The summed E-state index contributed by atoms with van der Waals surface area (Å²) in [5.74, 6) is 0. The second kappa shape index (κ2) is 4.90. The highest BCUT2D eigenvalue weighted by atomic mass is 79.9. The normalized spacial score (nSPS) is 10.5. The minimum atomic E-state index is 0.845. The first-order valence-electron chi connectivity index (χ1n) is 4.53. The number of aromatic nitrogens is 3. The van der Waals surface area contributed by atoms with E-state index in [0.29, 0.717) is 0 Å². The maximum absolute atomic E-state index is 4.29. The summed E-state index contributed by atoms with van der Waals surface area (Å²) < 4.78 is 3.75. The molecule has 0 fully saturated rings. The summed E-state index contributed by atoms with van der Waals surface area (Å²) in [7, 11) is 0. The highest BCUT2D eigenvalue weighted by Gasteiger charge is 2.02. The molecular weight excluding hydrogens is 322 g/mol. The first kappa shape index (κ1) is 10.8. The predicted molar refractivity (Wildman–Crippen MR) is 65.6 cm³/mol. The Morgan fingerprint density at radius 3 is 2.80 bits per heavy atom. The van der Waals surface area contributed by atoms with Gasteiger partial charge >= 0.3 is 0 Å². The van der Waals surface area contributed by atoms with Crippen molar-refractivity contribution in [1.29, 1.82) is 0 Å². The fourth-order valence-electron chi connectivity index (χ4n) is 1.30. The van der Waals surface area contributed by atoms with E-state index in [9.17, 15) is 0 Å². The van der Waals surface area contributed by atoms with Crippen LogP contribution in [0.2, 0.25) is 0 Å². The van der Waals surface area contributed by atoms with Crippen molar-refractivity contribution in [2.45, 2.75) is 13.0 Å². The molecule has 0 saturated heterocycles. The number of aryl methyl sites for hydroxylation is 2. The Hall–Kier alpha value is -0.680. The van der Waals surface area contributed by atoms with Crippen molar-refractivity contribution < 1.29 is 0 Å². The zero-order valence-corrected chi connectivity index (χ0v) is 11.1. The van der Waals surface area contributed by atoms with Crippen molar-refractivity contribution in [3.05, 3.63) is 45.4 Å². The quantitative estimate of drug-likeness (QED) is 0.866. The average molecular weight is 331 g/mol. The van der Waals surface area contributed by atoms with Gasteiger partial charge in [0.25, 0.3) is 0 Å². The zero-order chi connectivity index (χ0) is 10.7. The van der Waals surface area contributed by atoms with Crippen LogP contribution in [0.1, 0.15) is 5.56 Å². The summed E-state index contributed by atoms with van der Waals surface area (Å²) in [6.07, 6.45) is 4.59. The van der Waals surface area contributed by atoms with Crippen molar-refractivity contribution in [1.82, 2.24) is 14.8 Å². The molecule has 0 spiro atoms. The summed E-state index contributed by atoms with van der Waals surface area (Å²) in [5.41, 5.74) is 1.22. The second-order valence-electron chi connectivity index (χ2n) is 3.12. The Kier molecular flexibility index (Phi) is 3.53. The van der Waals surface area contributed by atoms with Crippen molar-refractivity contribution >= 4 is 31.9 Å². The third-order valence-electron chi connectivity index (χ3n) is 2.04. The molecule has 2 rings (SSSR count). The predicted octanol–water partition coefficient (Wildman–Crippen LogP) is 3.05. The van der Waals surface area contributed by atoms with Crippen molar-refractivity contribution in [3.8, 4) is 0 Å². The Bertz CT molecular complexity index is 439. The zero-order valence-electron chi connectivity index (χ0n) is 7.90. The first-order chi connectivity index (χ1) is 7.25. The summed E-state index contributed by atoms with van der Waals surface area (Å²) in [6, 6.07) is 5.95. The summed E-state index contributed by atoms with van der Waals surface area (Å²) >= 11 is 6.78. The van der Waals surface area contributed by atoms with Crippen LogP contribution in [-0.4, -0.2) is 14.8 Å². The van der Waals surface area contributed by atoms with Crippen molar-refractivity contribution in [2.75, 3.05) is 0 Å². The highest BCUT2D eigenvalue weighted by molar-refractivity contribution is 9.11. The number of rotatable bonds is 3. The van der Waals surface area contributed by atoms with Crippen molar-refractivity contribution in [3.63, 3.8) is 0 Å². The van der Waals surface area contributed by atoms with E-state index < -0.39 is 0 Å². The number of hydrogen-bond acceptors (Lipinski definition) is 2. The molecule has 0 N–H and O–H groups in total. The van der Waals surface area contributed by atoms with E-state index in [1.807, 2.05) is 23.0 Å². The Morgan fingerprint density at radius 1 is 1.33 bits per heavy atom. The van der Waals surface area contributed by atoms with Crippen LogP contribution in [0.5, 0.6) is 0 Å². The lowest BCUT2D eigenvalue weighted by molar-refractivity contribution is 0.599. The Morgan fingerprint density at radius 2 is 2.20 bits per heavy atom. The molecule has 0 amide bonds. The van der Waals surface area contributed by atoms with Crippen LogP contribution in [0.25, 0.3) is 0 Å². The van der Waals surface area contributed by atoms with E-state index in [0.717, 1.165) is 22.2 Å². The maximum Gasteiger partial charge on any atom is 0.129 e. The Labute approximate surface area is 105 Å². The fraction of sp³-hybridized carbons (Fsp3) is 0.200. The molecule has 5 heteroatoms. The standard InChI is InChI=1S/C10H9Br2N3/c11-9-6-10(12)15(14-9)5-3-8-2-1-4-13-7-8/h1-2,4,6-7H,3,5H2. The molecule has 0 saturated carbocycles. The number of nitrogens with zero attached hydrogens (tertiary/aromatic N) is 3. The molecule has 0 unspecified atom stereocenters. The molecule has 0 aromatic carbocycles. The molecule has 78 valence electrons. The van der Waals surface area contributed by atoms with Crippen LogP contribution in [0.3, 0.4) is 0 Å². The molecule has 3 nitrogen and oxygen atoms in total. The van der Waals surface area contributed by atoms with Gasteiger partial charge in [0.1, 0.15) is 9.21 Å². The largest absolute Gasteiger partial charge is 0.264 e. The minimum absolute atomic E-state index is 0.845. The third kappa shape index (κ3) is 2.89. The van der Waals surface area contributed by atoms with Crippen LogP contribution in [0.4, 0.5) is 0 Å². The van der Waals surface area contributed by atoms with E-state index in [4.69, 9.17) is 0 Å². The van der Waals surface area contributed by atoms with Gasteiger partial charge in [0, 0.05) is 25.0 Å². The molecular formula is C10H9Br2N3. The van der Waals surface area contributed by atoms with Gasteiger partial charge < -0.3 is 0 Å². The van der Waals surface area contributed by atoms with Crippen LogP contribution in [0.15, 0.2) is 39.8 Å². The third-order valence-corrected chi connectivity index (χ3v) is 3.06. The monoisotopic (exact) mass is 329 g/mol. The first-order valence-corrected chi connectivity index (χ1v) is 6.12. The van der Waals surface area contributed by atoms with Crippen LogP contribution in [-0.2, 0) is 13.0 Å². The lowest BCUT2D eigenvalue weighted by atomic mass is 10.2. The molecule has 0 atom stereocenters. The SMILES string of the molecule is Brc1cc(Br)n(CCc2cccnc2)n1. The molecule has 2 heterocycles. The van der Waals surface area contributed by atoms with Gasteiger partial charge in [-0.3, -0.25) is 9.67 Å². The molecule has 2 aromatic heterocycles. The number of hydrogen-bond donors (Lipinski definition) is 0. The average Bonchev–Trinajstić information content (AvgIpc) is 2.56. The lowest BCUT2D eigenvalue weighted by Gasteiger charge is -2.02. The smallest absolute Gasteiger partial charge is 0.129 e. The van der Waals surface area contributed by atoms with Gasteiger partial charge in [0.05, 0.1) is 0 Å². The van der Waals surface area contributed by atoms with Crippen molar-refractivity contribution in [2.24, 2.45) is 0 Å². The van der Waals surface area contributed by atoms with Gasteiger partial charge in [-0.05, 0) is 49.9 Å². The molecule has 2 aromatic rings. The topological polar surface area (TPSA) is 30.7 Å². The number of halogens is 2. The van der Waals surface area contributed by atoms with Gasteiger partial charge in [0.15, 0.2) is 0 Å². The van der Waals surface area contributed by atoms with Gasteiger partial charge in [-0.1, -0.05) is 6.07 Å². The van der Waals surface area contributed by atoms with Gasteiger partial charge in [0.2, 0.25) is 0 Å². The van der Waals surface area contributed by atoms with E-state index in [2.05, 4.69) is 48.0 Å².